The molecule has 1 N–H and O–H groups in total. The minimum Gasteiger partial charge on any atom is -0.394 e. The van der Waals surface area contributed by atoms with E-state index in [2.05, 4.69) is 19.9 Å². The number of carbonyl (C=O) groups excluding carboxylic acids is 3. The minimum atomic E-state index is -0.838. The lowest BCUT2D eigenvalue weighted by Gasteiger charge is -2.40. The first-order chi connectivity index (χ1) is 15.7. The Morgan fingerprint density at radius 1 is 1.09 bits per heavy atom. The highest BCUT2D eigenvalue weighted by Crippen LogP contribution is 2.65. The molecule has 0 aromatic heterocycles. The first-order valence-corrected chi connectivity index (χ1v) is 13.0. The Kier molecular flexibility index (Phi) is 6.46. The van der Waals surface area contributed by atoms with Gasteiger partial charge in [-0.3, -0.25) is 14.4 Å². The predicted molar refractivity (Wildman–Crippen MR) is 130 cm³/mol. The molecule has 2 saturated heterocycles. The fourth-order valence-electron chi connectivity index (χ4n) is 6.38. The standard InChI is InChI=1S/C25H37N3O4S/c1-6-10-16(3)27-14-9-12-25-19(18-21(30)26(5)13-8-11-24(18,4)33-25)22(31)28(17(7-2)15-29)20(25)23(27)32/h8-9,11-12,16-20,29H,6-7,10,13-15H2,1-5H3/t16?,17-,18+,19-,20?,24-,25-/m0/s1. The van der Waals surface area contributed by atoms with Gasteiger partial charge in [-0.2, -0.15) is 0 Å². The summed E-state index contributed by atoms with van der Waals surface area (Å²) in [6.07, 6.45) is 10.5. The van der Waals surface area contributed by atoms with Crippen LogP contribution in [-0.4, -0.2) is 91.9 Å². The largest absolute Gasteiger partial charge is 0.394 e. The highest BCUT2D eigenvalue weighted by atomic mass is 32.2. The molecule has 8 heteroatoms. The van der Waals surface area contributed by atoms with Gasteiger partial charge in [-0.25, -0.2) is 0 Å². The lowest BCUT2D eigenvalue weighted by molar-refractivity contribution is -0.147. The van der Waals surface area contributed by atoms with Gasteiger partial charge in [0, 0.05) is 30.9 Å². The molecule has 3 amide bonds. The van der Waals surface area contributed by atoms with Gasteiger partial charge in [0.2, 0.25) is 17.7 Å². The Balaban J connectivity index is 1.89. The summed E-state index contributed by atoms with van der Waals surface area (Å²) in [5.74, 6) is -1.50. The van der Waals surface area contributed by atoms with Crippen molar-refractivity contribution in [2.24, 2.45) is 11.8 Å². The molecule has 4 aliphatic heterocycles. The fourth-order valence-corrected chi connectivity index (χ4v) is 8.52. The maximum absolute atomic E-state index is 14.2. The number of nitrogens with zero attached hydrogens (tertiary/aromatic N) is 3. The first kappa shape index (κ1) is 24.3. The summed E-state index contributed by atoms with van der Waals surface area (Å²) >= 11 is 1.60. The van der Waals surface area contributed by atoms with Crippen molar-refractivity contribution in [1.82, 2.24) is 14.7 Å². The van der Waals surface area contributed by atoms with Crippen LogP contribution in [-0.2, 0) is 14.4 Å². The molecule has 182 valence electrons. The summed E-state index contributed by atoms with van der Waals surface area (Å²) in [4.78, 5) is 47.1. The quantitative estimate of drug-likeness (QED) is 0.595. The van der Waals surface area contributed by atoms with Crippen LogP contribution in [0.2, 0.25) is 0 Å². The van der Waals surface area contributed by atoms with Crippen molar-refractivity contribution in [1.29, 1.82) is 0 Å². The van der Waals surface area contributed by atoms with Gasteiger partial charge < -0.3 is 19.8 Å². The number of likely N-dealkylation sites (N-methyl/N-ethyl adjacent to an activating group) is 1. The summed E-state index contributed by atoms with van der Waals surface area (Å²) in [6.45, 7) is 8.92. The van der Waals surface area contributed by atoms with Gasteiger partial charge in [-0.05, 0) is 26.7 Å². The summed E-state index contributed by atoms with van der Waals surface area (Å²) in [5.41, 5.74) is 0. The monoisotopic (exact) mass is 475 g/mol. The Morgan fingerprint density at radius 2 is 1.79 bits per heavy atom. The van der Waals surface area contributed by atoms with Crippen molar-refractivity contribution < 1.29 is 19.5 Å². The SMILES string of the molecule is CCCC(C)N1CC=C[C@]23S[C@@]4(C)C=CCN(C)C(=O)[C@H]4[C@H]2C(=O)N([C@@H](CC)CO)C3C1=O. The highest BCUT2D eigenvalue weighted by molar-refractivity contribution is 8.02. The smallest absolute Gasteiger partial charge is 0.247 e. The Hall–Kier alpha value is -1.80. The van der Waals surface area contributed by atoms with Crippen LogP contribution in [0, 0.1) is 11.8 Å². The molecule has 7 nitrogen and oxygen atoms in total. The second-order valence-electron chi connectivity index (χ2n) is 10.1. The number of hydrogen-bond donors (Lipinski definition) is 1. The van der Waals surface area contributed by atoms with E-state index < -0.39 is 33.4 Å². The van der Waals surface area contributed by atoms with E-state index in [1.807, 2.05) is 37.0 Å². The molecule has 0 saturated carbocycles. The molecule has 4 aliphatic rings. The summed E-state index contributed by atoms with van der Waals surface area (Å²) in [7, 11) is 1.77. The molecule has 0 aromatic rings. The fraction of sp³-hybridized carbons (Fsp3) is 0.720. The van der Waals surface area contributed by atoms with Crippen LogP contribution in [0.5, 0.6) is 0 Å². The van der Waals surface area contributed by atoms with E-state index in [0.29, 0.717) is 19.5 Å². The molecule has 1 spiro atoms. The van der Waals surface area contributed by atoms with Crippen LogP contribution in [0.25, 0.3) is 0 Å². The van der Waals surface area contributed by atoms with E-state index in [1.54, 1.807) is 28.6 Å². The molecular weight excluding hydrogens is 438 g/mol. The number of likely N-dealkylation sites (tertiary alicyclic amines) is 1. The van der Waals surface area contributed by atoms with E-state index >= 15 is 0 Å². The normalized spacial score (nSPS) is 37.6. The molecule has 7 atom stereocenters. The van der Waals surface area contributed by atoms with Crippen molar-refractivity contribution in [2.45, 2.75) is 74.6 Å². The second-order valence-corrected chi connectivity index (χ2v) is 11.9. The Bertz CT molecular complexity index is 887. The molecule has 0 aromatic carbocycles. The predicted octanol–water partition coefficient (Wildman–Crippen LogP) is 2.06. The molecule has 4 rings (SSSR count). The van der Waals surface area contributed by atoms with E-state index in [9.17, 15) is 19.5 Å². The van der Waals surface area contributed by atoms with Gasteiger partial charge in [-0.1, -0.05) is 44.6 Å². The van der Waals surface area contributed by atoms with Crippen molar-refractivity contribution in [3.8, 4) is 0 Å². The Labute approximate surface area is 201 Å². The van der Waals surface area contributed by atoms with Crippen LogP contribution >= 0.6 is 11.8 Å². The number of aliphatic hydroxyl groups is 1. The third-order valence-electron chi connectivity index (χ3n) is 8.04. The minimum absolute atomic E-state index is 0.0487. The van der Waals surface area contributed by atoms with Gasteiger partial charge in [0.25, 0.3) is 0 Å². The Morgan fingerprint density at radius 3 is 2.42 bits per heavy atom. The topological polar surface area (TPSA) is 81.2 Å². The maximum atomic E-state index is 14.2. The zero-order valence-electron chi connectivity index (χ0n) is 20.4. The van der Waals surface area contributed by atoms with E-state index in [-0.39, 0.29) is 30.4 Å². The third kappa shape index (κ3) is 3.47. The summed E-state index contributed by atoms with van der Waals surface area (Å²) in [6, 6.07) is -1.14. The van der Waals surface area contributed by atoms with Gasteiger partial charge in [0.15, 0.2) is 0 Å². The molecule has 0 radical (unpaired) electrons. The molecule has 33 heavy (non-hydrogen) atoms. The highest BCUT2D eigenvalue weighted by Gasteiger charge is 2.74. The molecule has 0 bridgehead atoms. The molecule has 4 heterocycles. The lowest BCUT2D eigenvalue weighted by atomic mass is 9.74. The van der Waals surface area contributed by atoms with Gasteiger partial charge in [-0.15, -0.1) is 11.8 Å². The number of carbonyl (C=O) groups is 3. The van der Waals surface area contributed by atoms with Crippen LogP contribution in [0.4, 0.5) is 0 Å². The molecule has 2 fully saturated rings. The molecule has 0 aliphatic carbocycles. The number of aliphatic hydroxyl groups excluding tert-OH is 1. The number of amides is 3. The van der Waals surface area contributed by atoms with E-state index in [0.717, 1.165) is 12.8 Å². The number of fused-ring (bicyclic) bond motifs is 2. The second kappa shape index (κ2) is 8.77. The zero-order chi connectivity index (χ0) is 24.1. The van der Waals surface area contributed by atoms with Crippen LogP contribution in [0.3, 0.4) is 0 Å². The van der Waals surface area contributed by atoms with Gasteiger partial charge >= 0.3 is 0 Å². The number of rotatable bonds is 6. The van der Waals surface area contributed by atoms with Gasteiger partial charge in [0.05, 0.1) is 29.2 Å². The van der Waals surface area contributed by atoms with Crippen LogP contribution in [0.15, 0.2) is 24.3 Å². The zero-order valence-corrected chi connectivity index (χ0v) is 21.2. The maximum Gasteiger partial charge on any atom is 0.247 e. The van der Waals surface area contributed by atoms with E-state index in [4.69, 9.17) is 0 Å². The van der Waals surface area contributed by atoms with E-state index in [1.165, 1.54) is 0 Å². The van der Waals surface area contributed by atoms with Crippen molar-refractivity contribution in [3.05, 3.63) is 24.3 Å². The third-order valence-corrected chi connectivity index (χ3v) is 9.84. The summed E-state index contributed by atoms with van der Waals surface area (Å²) in [5, 5.41) is 10.2. The van der Waals surface area contributed by atoms with Crippen molar-refractivity contribution in [3.63, 3.8) is 0 Å². The average Bonchev–Trinajstić information content (AvgIpc) is 3.05. The number of hydrogen-bond acceptors (Lipinski definition) is 5. The van der Waals surface area contributed by atoms with Crippen LogP contribution in [0.1, 0.15) is 47.0 Å². The summed E-state index contributed by atoms with van der Waals surface area (Å²) < 4.78 is -1.42. The molecule has 2 unspecified atom stereocenters. The first-order valence-electron chi connectivity index (χ1n) is 12.2. The van der Waals surface area contributed by atoms with Crippen molar-refractivity contribution >= 4 is 29.5 Å². The molecular formula is C25H37N3O4S. The van der Waals surface area contributed by atoms with Gasteiger partial charge in [0.1, 0.15) is 6.04 Å². The average molecular weight is 476 g/mol. The van der Waals surface area contributed by atoms with Crippen molar-refractivity contribution in [2.75, 3.05) is 26.7 Å². The van der Waals surface area contributed by atoms with Crippen LogP contribution < -0.4 is 0 Å². The lowest BCUT2D eigenvalue weighted by Crippen LogP contribution is -2.57. The number of thioether (sulfide) groups is 1.